The van der Waals surface area contributed by atoms with Gasteiger partial charge in [0.05, 0.1) is 7.11 Å². The lowest BCUT2D eigenvalue weighted by molar-refractivity contribution is -0.131. The number of hydrogen-bond donors (Lipinski definition) is 1. The van der Waals surface area contributed by atoms with Crippen LogP contribution in [-0.2, 0) is 11.3 Å². The van der Waals surface area contributed by atoms with Crippen LogP contribution in [0.5, 0.6) is 11.5 Å². The summed E-state index contributed by atoms with van der Waals surface area (Å²) in [5, 5.41) is 2.98. The Hall–Kier alpha value is -1.33. The van der Waals surface area contributed by atoms with Gasteiger partial charge in [-0.2, -0.15) is 0 Å². The van der Waals surface area contributed by atoms with E-state index in [0.29, 0.717) is 23.9 Å². The molecule has 4 nitrogen and oxygen atoms in total. The van der Waals surface area contributed by atoms with Gasteiger partial charge in [-0.15, -0.1) is 0 Å². The largest absolute Gasteiger partial charge is 0.496 e. The summed E-state index contributed by atoms with van der Waals surface area (Å²) in [6.45, 7) is 1.56. The van der Waals surface area contributed by atoms with Gasteiger partial charge in [0.25, 0.3) is 0 Å². The molecule has 1 aromatic carbocycles. The number of carbonyl (C=O) groups is 1. The molecule has 0 saturated heterocycles. The SMILES string of the molecule is COc1cc(OC(C)=O)c(Cl)c(F)c1CNC1CC1. The van der Waals surface area contributed by atoms with Crippen LogP contribution >= 0.6 is 11.6 Å². The average molecular weight is 288 g/mol. The molecule has 2 rings (SSSR count). The highest BCUT2D eigenvalue weighted by molar-refractivity contribution is 6.32. The van der Waals surface area contributed by atoms with Gasteiger partial charge in [-0.1, -0.05) is 11.6 Å². The molecule has 1 aliphatic carbocycles. The van der Waals surface area contributed by atoms with Crippen molar-refractivity contribution in [2.75, 3.05) is 7.11 Å². The smallest absolute Gasteiger partial charge is 0.308 e. The Bertz CT molecular complexity index is 503. The third-order valence-corrected chi connectivity index (χ3v) is 3.20. The maximum Gasteiger partial charge on any atom is 0.308 e. The third-order valence-electron chi connectivity index (χ3n) is 2.85. The molecular weight excluding hydrogens is 273 g/mol. The fourth-order valence-electron chi connectivity index (χ4n) is 1.73. The summed E-state index contributed by atoms with van der Waals surface area (Å²) in [4.78, 5) is 10.9. The highest BCUT2D eigenvalue weighted by atomic mass is 35.5. The van der Waals surface area contributed by atoms with Crippen molar-refractivity contribution in [1.82, 2.24) is 5.32 Å². The first-order valence-electron chi connectivity index (χ1n) is 5.99. The Balaban J connectivity index is 2.30. The Morgan fingerprint density at radius 1 is 1.53 bits per heavy atom. The molecule has 0 aromatic heterocycles. The van der Waals surface area contributed by atoms with Crippen molar-refractivity contribution in [3.05, 3.63) is 22.5 Å². The minimum atomic E-state index is -0.620. The summed E-state index contributed by atoms with van der Waals surface area (Å²) in [5.41, 5.74) is 0.343. The lowest BCUT2D eigenvalue weighted by Crippen LogP contribution is -2.17. The molecule has 1 saturated carbocycles. The molecule has 0 spiro atoms. The zero-order valence-electron chi connectivity index (χ0n) is 10.8. The normalized spacial score (nSPS) is 14.3. The molecule has 19 heavy (non-hydrogen) atoms. The minimum Gasteiger partial charge on any atom is -0.496 e. The van der Waals surface area contributed by atoms with Gasteiger partial charge in [0.1, 0.15) is 10.8 Å². The quantitative estimate of drug-likeness (QED) is 0.668. The van der Waals surface area contributed by atoms with Crippen LogP contribution in [-0.4, -0.2) is 19.1 Å². The second kappa shape index (κ2) is 5.75. The number of methoxy groups -OCH3 is 1. The first-order valence-corrected chi connectivity index (χ1v) is 6.37. The van der Waals surface area contributed by atoms with Crippen LogP contribution in [0.15, 0.2) is 6.07 Å². The molecule has 0 radical (unpaired) electrons. The highest BCUT2D eigenvalue weighted by Gasteiger charge is 2.24. The zero-order valence-corrected chi connectivity index (χ0v) is 11.5. The zero-order chi connectivity index (χ0) is 14.0. The van der Waals surface area contributed by atoms with Gasteiger partial charge in [-0.05, 0) is 12.8 Å². The molecule has 0 unspecified atom stereocenters. The number of ether oxygens (including phenoxy) is 2. The second-order valence-electron chi connectivity index (χ2n) is 4.43. The van der Waals surface area contributed by atoms with E-state index in [9.17, 15) is 9.18 Å². The molecule has 104 valence electrons. The minimum absolute atomic E-state index is 0.0290. The molecule has 0 heterocycles. The van der Waals surface area contributed by atoms with Crippen LogP contribution in [0.3, 0.4) is 0 Å². The molecular formula is C13H15ClFNO3. The molecule has 1 aliphatic rings. The van der Waals surface area contributed by atoms with Gasteiger partial charge in [-0.25, -0.2) is 4.39 Å². The van der Waals surface area contributed by atoms with Crippen LogP contribution in [0.2, 0.25) is 5.02 Å². The van der Waals surface area contributed by atoms with E-state index in [0.717, 1.165) is 12.8 Å². The van der Waals surface area contributed by atoms with E-state index in [2.05, 4.69) is 5.32 Å². The molecule has 0 atom stereocenters. The van der Waals surface area contributed by atoms with E-state index in [-0.39, 0.29) is 10.8 Å². The number of halogens is 2. The maximum absolute atomic E-state index is 14.2. The van der Waals surface area contributed by atoms with Crippen LogP contribution in [0.1, 0.15) is 25.3 Å². The number of benzene rings is 1. The van der Waals surface area contributed by atoms with E-state index in [1.54, 1.807) is 0 Å². The number of hydrogen-bond acceptors (Lipinski definition) is 4. The van der Waals surface area contributed by atoms with Gasteiger partial charge in [0, 0.05) is 31.1 Å². The average Bonchev–Trinajstić information content (AvgIpc) is 3.17. The van der Waals surface area contributed by atoms with Crippen molar-refractivity contribution in [3.8, 4) is 11.5 Å². The Morgan fingerprint density at radius 2 is 2.21 bits per heavy atom. The Kier molecular flexibility index (Phi) is 4.27. The number of rotatable bonds is 5. The van der Waals surface area contributed by atoms with Gasteiger partial charge in [0.2, 0.25) is 0 Å². The van der Waals surface area contributed by atoms with Crippen LogP contribution < -0.4 is 14.8 Å². The summed E-state index contributed by atoms with van der Waals surface area (Å²) < 4.78 is 24.2. The van der Waals surface area contributed by atoms with E-state index in [4.69, 9.17) is 21.1 Å². The van der Waals surface area contributed by atoms with Crippen LogP contribution in [0, 0.1) is 5.82 Å². The first-order chi connectivity index (χ1) is 9.02. The molecule has 1 aromatic rings. The summed E-state index contributed by atoms with van der Waals surface area (Å²) in [6.07, 6.45) is 2.20. The molecule has 0 aliphatic heterocycles. The standard InChI is InChI=1S/C13H15ClFNO3/c1-7(17)19-11-5-10(18-2)9(13(15)12(11)14)6-16-8-3-4-8/h5,8,16H,3-4,6H2,1-2H3. The van der Waals surface area contributed by atoms with Crippen LogP contribution in [0.25, 0.3) is 0 Å². The van der Waals surface area contributed by atoms with Crippen molar-refractivity contribution in [1.29, 1.82) is 0 Å². The topological polar surface area (TPSA) is 47.6 Å². The fourth-order valence-corrected chi connectivity index (χ4v) is 1.94. The van der Waals surface area contributed by atoms with E-state index >= 15 is 0 Å². The van der Waals surface area contributed by atoms with Gasteiger partial charge in [-0.3, -0.25) is 4.79 Å². The summed E-state index contributed by atoms with van der Waals surface area (Å²) in [7, 11) is 1.43. The van der Waals surface area contributed by atoms with Crippen molar-refractivity contribution in [2.45, 2.75) is 32.4 Å². The molecule has 1 N–H and O–H groups in total. The monoisotopic (exact) mass is 287 g/mol. The first kappa shape index (κ1) is 14.1. The summed E-state index contributed by atoms with van der Waals surface area (Å²) >= 11 is 5.87. The van der Waals surface area contributed by atoms with Crippen molar-refractivity contribution < 1.29 is 18.7 Å². The van der Waals surface area contributed by atoms with E-state index in [1.807, 2.05) is 0 Å². The summed E-state index contributed by atoms with van der Waals surface area (Å²) in [6, 6.07) is 1.87. The summed E-state index contributed by atoms with van der Waals surface area (Å²) in [5.74, 6) is -0.900. The predicted octanol–water partition coefficient (Wildman–Crippen LogP) is 2.67. The van der Waals surface area contributed by atoms with Gasteiger partial charge < -0.3 is 14.8 Å². The van der Waals surface area contributed by atoms with Crippen molar-refractivity contribution in [3.63, 3.8) is 0 Å². The number of carbonyl (C=O) groups excluding carboxylic acids is 1. The van der Waals surface area contributed by atoms with Crippen molar-refractivity contribution >= 4 is 17.6 Å². The Labute approximate surface area is 115 Å². The predicted molar refractivity (Wildman–Crippen MR) is 69.1 cm³/mol. The molecule has 0 amide bonds. The Morgan fingerprint density at radius 3 is 2.74 bits per heavy atom. The van der Waals surface area contributed by atoms with Gasteiger partial charge in [0.15, 0.2) is 11.6 Å². The van der Waals surface area contributed by atoms with Gasteiger partial charge >= 0.3 is 5.97 Å². The molecule has 0 bridgehead atoms. The van der Waals surface area contributed by atoms with Crippen molar-refractivity contribution in [2.24, 2.45) is 0 Å². The fraction of sp³-hybridized carbons (Fsp3) is 0.462. The third kappa shape index (κ3) is 3.36. The number of esters is 1. The lowest BCUT2D eigenvalue weighted by Gasteiger charge is -2.14. The maximum atomic E-state index is 14.2. The highest BCUT2D eigenvalue weighted by Crippen LogP contribution is 2.36. The van der Waals surface area contributed by atoms with Crippen LogP contribution in [0.4, 0.5) is 4.39 Å². The molecule has 6 heteroatoms. The van der Waals surface area contributed by atoms with E-state index < -0.39 is 11.8 Å². The van der Waals surface area contributed by atoms with E-state index in [1.165, 1.54) is 20.1 Å². The second-order valence-corrected chi connectivity index (χ2v) is 4.81. The number of nitrogens with one attached hydrogen (secondary N) is 1. The lowest BCUT2D eigenvalue weighted by atomic mass is 10.1. The molecule has 1 fully saturated rings.